The summed E-state index contributed by atoms with van der Waals surface area (Å²) in [5, 5.41) is 20.6. The topological polar surface area (TPSA) is 98.7 Å². The Labute approximate surface area is 146 Å². The summed E-state index contributed by atoms with van der Waals surface area (Å²) in [6.45, 7) is 0. The van der Waals surface area contributed by atoms with Crippen LogP contribution < -0.4 is 19.7 Å². The number of rotatable bonds is 4. The number of carbonyl (C=O) groups excluding carboxylic acids is 2. The molecule has 0 saturated carbocycles. The third-order valence-corrected chi connectivity index (χ3v) is 2.61. The van der Waals surface area contributed by atoms with Gasteiger partial charge in [0.1, 0.15) is 11.5 Å². The second-order valence-electron chi connectivity index (χ2n) is 4.04. The van der Waals surface area contributed by atoms with Gasteiger partial charge in [-0.1, -0.05) is 24.3 Å². The second-order valence-corrected chi connectivity index (χ2v) is 4.04. The molecule has 6 nitrogen and oxygen atoms in total. The summed E-state index contributed by atoms with van der Waals surface area (Å²) < 4.78 is 9.63. The largest absolute Gasteiger partial charge is 2.00 e. The summed E-state index contributed by atoms with van der Waals surface area (Å²) >= 11 is 0. The van der Waals surface area contributed by atoms with Crippen LogP contribution in [-0.2, 0) is 19.5 Å². The van der Waals surface area contributed by atoms with Gasteiger partial charge in [-0.25, -0.2) is 0 Å². The summed E-state index contributed by atoms with van der Waals surface area (Å²) in [5.74, 6) is -1.34. The van der Waals surface area contributed by atoms with Gasteiger partial charge in [-0.15, -0.1) is 0 Å². The number of aromatic carboxylic acids is 2. The number of methoxy groups -OCH3 is 2. The van der Waals surface area contributed by atoms with E-state index in [0.29, 0.717) is 11.5 Å². The third-order valence-electron chi connectivity index (χ3n) is 2.61. The van der Waals surface area contributed by atoms with Gasteiger partial charge in [0, 0.05) is 11.1 Å². The smallest absolute Gasteiger partial charge is 0.545 e. The Morgan fingerprint density at radius 1 is 0.783 bits per heavy atom. The third kappa shape index (κ3) is 6.93. The van der Waals surface area contributed by atoms with Gasteiger partial charge < -0.3 is 29.3 Å². The minimum Gasteiger partial charge on any atom is -0.545 e. The van der Waals surface area contributed by atoms with Gasteiger partial charge in [-0.3, -0.25) is 0 Å². The number of carboxylic acid groups (broad SMARTS) is 2. The fourth-order valence-corrected chi connectivity index (χ4v) is 1.50. The van der Waals surface area contributed by atoms with Gasteiger partial charge in [0.05, 0.1) is 26.2 Å². The fraction of sp³-hybridized carbons (Fsp3) is 0.125. The minimum absolute atomic E-state index is 0. The quantitative estimate of drug-likeness (QED) is 0.712. The van der Waals surface area contributed by atoms with Gasteiger partial charge in [-0.2, -0.15) is 0 Å². The molecule has 0 radical (unpaired) electrons. The maximum absolute atomic E-state index is 10.3. The van der Waals surface area contributed by atoms with E-state index in [0.717, 1.165) is 0 Å². The Kier molecular flexibility index (Phi) is 9.27. The van der Waals surface area contributed by atoms with Crippen molar-refractivity contribution < 1.29 is 48.8 Å². The van der Waals surface area contributed by atoms with E-state index >= 15 is 0 Å². The van der Waals surface area contributed by atoms with Gasteiger partial charge in [0.25, 0.3) is 0 Å². The van der Waals surface area contributed by atoms with Crippen LogP contribution in [-0.4, -0.2) is 26.2 Å². The number of hydrogen-bond acceptors (Lipinski definition) is 6. The van der Waals surface area contributed by atoms with Crippen molar-refractivity contribution >= 4 is 11.9 Å². The Bertz CT molecular complexity index is 599. The maximum Gasteiger partial charge on any atom is 2.00 e. The zero-order valence-electron chi connectivity index (χ0n) is 12.8. The molecule has 7 heteroatoms. The molecule has 0 amide bonds. The summed E-state index contributed by atoms with van der Waals surface area (Å²) in [6.07, 6.45) is 0. The molecule has 0 saturated heterocycles. The molecule has 0 aromatic heterocycles. The molecule has 2 aromatic carbocycles. The molecule has 0 bridgehead atoms. The standard InChI is InChI=1S/2C8H8O3.Zn/c2*1-11-7-4-2-3-6(5-7)8(9)10;/h2*2-5H,1H3,(H,9,10);/q;;+2/p-2. The number of ether oxygens (including phenoxy) is 2. The molecule has 0 unspecified atom stereocenters. The zero-order chi connectivity index (χ0) is 16.5. The van der Waals surface area contributed by atoms with Crippen LogP contribution in [0.1, 0.15) is 20.7 Å². The van der Waals surface area contributed by atoms with Gasteiger partial charge in [0.15, 0.2) is 0 Å². The van der Waals surface area contributed by atoms with Crippen LogP contribution in [0, 0.1) is 0 Å². The normalized spacial score (nSPS) is 8.78. The van der Waals surface area contributed by atoms with Crippen LogP contribution in [0.5, 0.6) is 11.5 Å². The predicted molar refractivity (Wildman–Crippen MR) is 74.6 cm³/mol. The average molecular weight is 368 g/mol. The molecular weight excluding hydrogens is 354 g/mol. The summed E-state index contributed by atoms with van der Waals surface area (Å²) in [7, 11) is 2.96. The van der Waals surface area contributed by atoms with Crippen molar-refractivity contribution in [2.24, 2.45) is 0 Å². The molecule has 0 aliphatic rings. The SMILES string of the molecule is COc1cccc(C(=O)[O-])c1.COc1cccc(C(=O)[O-])c1.[Zn+2]. The zero-order valence-corrected chi connectivity index (χ0v) is 15.7. The Morgan fingerprint density at radius 2 is 1.13 bits per heavy atom. The van der Waals surface area contributed by atoms with E-state index < -0.39 is 11.9 Å². The molecular formula is C16H14O6Zn. The average Bonchev–Trinajstić information content (AvgIpc) is 2.55. The summed E-state index contributed by atoms with van der Waals surface area (Å²) in [6, 6.07) is 12.3. The predicted octanol–water partition coefficient (Wildman–Crippen LogP) is 0.115. The first-order valence-corrected chi connectivity index (χ1v) is 6.18. The summed E-state index contributed by atoms with van der Waals surface area (Å²) in [4.78, 5) is 20.6. The number of carboxylic acids is 2. The molecule has 116 valence electrons. The first-order chi connectivity index (χ1) is 10.5. The van der Waals surface area contributed by atoms with Crippen molar-refractivity contribution in [1.29, 1.82) is 0 Å². The van der Waals surface area contributed by atoms with Gasteiger partial charge in [-0.05, 0) is 24.3 Å². The Hall–Kier alpha value is -2.40. The van der Waals surface area contributed by atoms with E-state index in [1.165, 1.54) is 38.5 Å². The minimum atomic E-state index is -1.19. The van der Waals surface area contributed by atoms with Crippen LogP contribution in [0.2, 0.25) is 0 Å². The second kappa shape index (κ2) is 10.3. The molecule has 0 aliphatic carbocycles. The van der Waals surface area contributed by atoms with Crippen LogP contribution in [0.4, 0.5) is 0 Å². The number of carbonyl (C=O) groups is 2. The molecule has 0 spiro atoms. The van der Waals surface area contributed by atoms with Gasteiger partial charge >= 0.3 is 19.5 Å². The molecule has 0 fully saturated rings. The van der Waals surface area contributed by atoms with Crippen molar-refractivity contribution in [1.82, 2.24) is 0 Å². The van der Waals surface area contributed by atoms with E-state index in [4.69, 9.17) is 9.47 Å². The van der Waals surface area contributed by atoms with Crippen molar-refractivity contribution in [2.45, 2.75) is 0 Å². The number of benzene rings is 2. The molecule has 0 heterocycles. The molecule has 2 rings (SSSR count). The van der Waals surface area contributed by atoms with Gasteiger partial charge in [0.2, 0.25) is 0 Å². The fourth-order valence-electron chi connectivity index (χ4n) is 1.50. The van der Waals surface area contributed by atoms with Crippen molar-refractivity contribution in [2.75, 3.05) is 14.2 Å². The maximum atomic E-state index is 10.3. The first-order valence-electron chi connectivity index (χ1n) is 6.18. The van der Waals surface area contributed by atoms with Crippen LogP contribution in [0.3, 0.4) is 0 Å². The molecule has 23 heavy (non-hydrogen) atoms. The first kappa shape index (κ1) is 20.6. The Morgan fingerprint density at radius 3 is 1.39 bits per heavy atom. The van der Waals surface area contributed by atoms with E-state index in [2.05, 4.69) is 0 Å². The van der Waals surface area contributed by atoms with E-state index in [1.807, 2.05) is 0 Å². The number of hydrogen-bond donors (Lipinski definition) is 0. The van der Waals surface area contributed by atoms with Crippen LogP contribution >= 0.6 is 0 Å². The monoisotopic (exact) mass is 366 g/mol. The van der Waals surface area contributed by atoms with Crippen molar-refractivity contribution in [3.8, 4) is 11.5 Å². The molecule has 2 aromatic rings. The Balaban J connectivity index is 0.000000403. The van der Waals surface area contributed by atoms with Crippen molar-refractivity contribution in [3.05, 3.63) is 59.7 Å². The van der Waals surface area contributed by atoms with E-state index in [-0.39, 0.29) is 30.6 Å². The van der Waals surface area contributed by atoms with E-state index in [1.54, 1.807) is 24.3 Å². The van der Waals surface area contributed by atoms with Crippen LogP contribution in [0.25, 0.3) is 0 Å². The van der Waals surface area contributed by atoms with Crippen LogP contribution in [0.15, 0.2) is 48.5 Å². The molecule has 0 atom stereocenters. The van der Waals surface area contributed by atoms with E-state index in [9.17, 15) is 19.8 Å². The molecule has 0 N–H and O–H groups in total. The summed E-state index contributed by atoms with van der Waals surface area (Å²) in [5.41, 5.74) is 0.258. The molecule has 0 aliphatic heterocycles. The van der Waals surface area contributed by atoms with Crippen molar-refractivity contribution in [3.63, 3.8) is 0 Å².